The van der Waals surface area contributed by atoms with E-state index in [9.17, 15) is 13.6 Å². The average Bonchev–Trinajstić information content (AvgIpc) is 3.18. The molecule has 0 saturated heterocycles. The van der Waals surface area contributed by atoms with Gasteiger partial charge in [-0.1, -0.05) is 19.9 Å². The largest absolute Gasteiger partial charge is 0.396 e. The van der Waals surface area contributed by atoms with Gasteiger partial charge in [0.15, 0.2) is 17.4 Å². The van der Waals surface area contributed by atoms with E-state index in [1.807, 2.05) is 13.8 Å². The van der Waals surface area contributed by atoms with E-state index in [2.05, 4.69) is 20.2 Å². The van der Waals surface area contributed by atoms with Gasteiger partial charge in [-0.05, 0) is 54.4 Å². The lowest BCUT2D eigenvalue weighted by Crippen LogP contribution is -2.39. The predicted molar refractivity (Wildman–Crippen MR) is 117 cm³/mol. The van der Waals surface area contributed by atoms with Gasteiger partial charge in [-0.2, -0.15) is 5.10 Å². The van der Waals surface area contributed by atoms with E-state index in [0.717, 1.165) is 23.9 Å². The fraction of sp³-hybridized carbons (Fsp3) is 0.400. The topological polar surface area (TPSA) is 88.9 Å². The van der Waals surface area contributed by atoms with Crippen molar-refractivity contribution in [3.8, 4) is 11.3 Å². The minimum absolute atomic E-state index is 0.0501. The van der Waals surface area contributed by atoms with E-state index < -0.39 is 28.3 Å². The van der Waals surface area contributed by atoms with Crippen molar-refractivity contribution in [3.05, 3.63) is 70.7 Å². The molecule has 0 unspecified atom stereocenters. The summed E-state index contributed by atoms with van der Waals surface area (Å²) in [6, 6.07) is 5.25. The number of aromatic nitrogens is 4. The molecule has 2 atom stereocenters. The van der Waals surface area contributed by atoms with E-state index in [1.165, 1.54) is 6.07 Å². The Balaban J connectivity index is 1.67. The first-order valence-electron chi connectivity index (χ1n) is 11.2. The smallest absolute Gasteiger partial charge is 0.200 e. The number of carbonyl (C=O) groups excluding carboxylic acids is 1. The highest BCUT2D eigenvalue weighted by molar-refractivity contribution is 5.92. The molecule has 1 saturated carbocycles. The third-order valence-corrected chi connectivity index (χ3v) is 7.56. The molecule has 3 aromatic rings. The first-order chi connectivity index (χ1) is 16.2. The van der Waals surface area contributed by atoms with Crippen LogP contribution in [0.1, 0.15) is 73.0 Å². The fourth-order valence-corrected chi connectivity index (χ4v) is 5.87. The third kappa shape index (κ3) is 3.02. The van der Waals surface area contributed by atoms with Crippen LogP contribution in [0.4, 0.5) is 13.2 Å². The van der Waals surface area contributed by atoms with Crippen molar-refractivity contribution >= 4 is 5.78 Å². The Morgan fingerprint density at radius 1 is 1.12 bits per heavy atom. The molecular formula is C25H23F3N4O2. The van der Waals surface area contributed by atoms with Crippen LogP contribution >= 0.6 is 0 Å². The van der Waals surface area contributed by atoms with Crippen molar-refractivity contribution in [2.75, 3.05) is 6.61 Å². The van der Waals surface area contributed by atoms with Gasteiger partial charge in [-0.3, -0.25) is 4.79 Å². The molecule has 0 spiro atoms. The van der Waals surface area contributed by atoms with Gasteiger partial charge in [0.25, 0.3) is 0 Å². The summed E-state index contributed by atoms with van der Waals surface area (Å²) in [5.74, 6) is -2.67. The number of aliphatic hydroxyl groups is 1. The third-order valence-electron chi connectivity index (χ3n) is 7.56. The first-order valence-corrected chi connectivity index (χ1v) is 11.2. The average molecular weight is 468 g/mol. The van der Waals surface area contributed by atoms with Gasteiger partial charge in [0, 0.05) is 13.0 Å². The fourth-order valence-electron chi connectivity index (χ4n) is 5.87. The van der Waals surface area contributed by atoms with E-state index >= 15 is 4.39 Å². The normalized spacial score (nSPS) is 22.1. The molecule has 1 aromatic carbocycles. The summed E-state index contributed by atoms with van der Waals surface area (Å²) >= 11 is 0. The van der Waals surface area contributed by atoms with Gasteiger partial charge in [0.2, 0.25) is 0 Å². The molecule has 2 heterocycles. The summed E-state index contributed by atoms with van der Waals surface area (Å²) in [5, 5.41) is 17.5. The Hall–Kier alpha value is -3.20. The van der Waals surface area contributed by atoms with Crippen LogP contribution in [0.25, 0.3) is 11.3 Å². The number of nitrogens with zero attached hydrogens (tertiary/aromatic N) is 4. The number of carbonyl (C=O) groups is 1. The molecule has 0 amide bonds. The number of ketones is 1. The van der Waals surface area contributed by atoms with Gasteiger partial charge < -0.3 is 5.11 Å². The molecule has 2 bridgehead atoms. The van der Waals surface area contributed by atoms with Crippen LogP contribution in [0.2, 0.25) is 0 Å². The summed E-state index contributed by atoms with van der Waals surface area (Å²) in [4.78, 5) is 20.8. The van der Waals surface area contributed by atoms with Crippen molar-refractivity contribution in [2.45, 2.75) is 50.9 Å². The number of Topliss-reactive ketones (excluding diaryl/α,β-unsaturated/α-hetero) is 1. The number of rotatable bonds is 6. The SMILES string of the molecule is CC1(C)[C@H]2CC[C@]1(c1nc(C(=O)CCCO)ncc1F)c1nnc(-c3c(F)cccc3F)cc12. The summed E-state index contributed by atoms with van der Waals surface area (Å²) in [6.07, 6.45) is 2.55. The van der Waals surface area contributed by atoms with Gasteiger partial charge in [0.1, 0.15) is 11.6 Å². The molecule has 34 heavy (non-hydrogen) atoms. The van der Waals surface area contributed by atoms with Crippen molar-refractivity contribution in [1.29, 1.82) is 0 Å². The Kier molecular flexibility index (Phi) is 5.27. The molecule has 5 rings (SSSR count). The minimum Gasteiger partial charge on any atom is -0.396 e. The quantitative estimate of drug-likeness (QED) is 0.536. The van der Waals surface area contributed by atoms with E-state index in [0.29, 0.717) is 18.5 Å². The van der Waals surface area contributed by atoms with Crippen LogP contribution in [0.3, 0.4) is 0 Å². The summed E-state index contributed by atoms with van der Waals surface area (Å²) in [5.41, 5.74) is -0.327. The molecule has 1 fully saturated rings. The predicted octanol–water partition coefficient (Wildman–Crippen LogP) is 4.51. The van der Waals surface area contributed by atoms with E-state index in [1.54, 1.807) is 6.07 Å². The molecule has 9 heteroatoms. The molecule has 6 nitrogen and oxygen atoms in total. The van der Waals surface area contributed by atoms with Crippen molar-refractivity contribution in [1.82, 2.24) is 20.2 Å². The van der Waals surface area contributed by atoms with Gasteiger partial charge >= 0.3 is 0 Å². The van der Waals surface area contributed by atoms with Crippen LogP contribution in [-0.4, -0.2) is 37.7 Å². The maximum Gasteiger partial charge on any atom is 0.200 e. The Bertz CT molecular complexity index is 1290. The number of benzene rings is 1. The Morgan fingerprint density at radius 3 is 2.56 bits per heavy atom. The second kappa shape index (κ2) is 7.94. The summed E-state index contributed by atoms with van der Waals surface area (Å²) < 4.78 is 44.1. The standard InChI is InChI=1S/C25H23F3N4O2/c1-24(2)14-8-9-25(24,22-17(28)12-29-23(30-22)19(34)7-4-10-33)21-13(14)11-18(31-32-21)20-15(26)5-3-6-16(20)27/h3,5-6,11-12,14,33H,4,7-10H2,1-2H3/t14-,25+/m0/s1. The zero-order valence-electron chi connectivity index (χ0n) is 18.8. The molecule has 1 N–H and O–H groups in total. The highest BCUT2D eigenvalue weighted by atomic mass is 19.1. The maximum absolute atomic E-state index is 15.3. The lowest BCUT2D eigenvalue weighted by atomic mass is 9.66. The zero-order chi connectivity index (χ0) is 24.3. The van der Waals surface area contributed by atoms with Crippen LogP contribution < -0.4 is 0 Å². The van der Waals surface area contributed by atoms with Gasteiger partial charge in [0.05, 0.1) is 34.3 Å². The van der Waals surface area contributed by atoms with Crippen LogP contribution in [0, 0.1) is 22.9 Å². The Labute approximate surface area is 194 Å². The Morgan fingerprint density at radius 2 is 1.85 bits per heavy atom. The van der Waals surface area contributed by atoms with Crippen LogP contribution in [0.15, 0.2) is 30.5 Å². The lowest BCUT2D eigenvalue weighted by molar-refractivity contribution is 0.0959. The molecule has 2 aliphatic carbocycles. The highest BCUT2D eigenvalue weighted by Crippen LogP contribution is 2.69. The number of aliphatic hydroxyl groups excluding tert-OH is 1. The van der Waals surface area contributed by atoms with E-state index in [-0.39, 0.29) is 53.9 Å². The van der Waals surface area contributed by atoms with Crippen molar-refractivity contribution in [3.63, 3.8) is 0 Å². The second-order valence-electron chi connectivity index (χ2n) is 9.49. The molecule has 2 aliphatic rings. The molecule has 0 radical (unpaired) electrons. The minimum atomic E-state index is -0.967. The molecular weight excluding hydrogens is 445 g/mol. The maximum atomic E-state index is 15.3. The van der Waals surface area contributed by atoms with Crippen molar-refractivity contribution < 1.29 is 23.1 Å². The summed E-state index contributed by atoms with van der Waals surface area (Å²) in [7, 11) is 0. The second-order valence-corrected chi connectivity index (χ2v) is 9.49. The van der Waals surface area contributed by atoms with Gasteiger partial charge in [-0.15, -0.1) is 5.10 Å². The zero-order valence-corrected chi connectivity index (χ0v) is 18.8. The van der Waals surface area contributed by atoms with Crippen molar-refractivity contribution in [2.24, 2.45) is 5.41 Å². The number of fused-ring (bicyclic) bond motifs is 5. The van der Waals surface area contributed by atoms with E-state index in [4.69, 9.17) is 5.11 Å². The highest BCUT2D eigenvalue weighted by Gasteiger charge is 2.66. The number of hydrogen-bond donors (Lipinski definition) is 1. The number of halogens is 3. The monoisotopic (exact) mass is 468 g/mol. The lowest BCUT2D eigenvalue weighted by Gasteiger charge is -2.37. The van der Waals surface area contributed by atoms with Crippen LogP contribution in [-0.2, 0) is 5.41 Å². The molecule has 0 aliphatic heterocycles. The molecule has 2 aromatic heterocycles. The molecule has 176 valence electrons. The van der Waals surface area contributed by atoms with Crippen LogP contribution in [0.5, 0.6) is 0 Å². The first kappa shape index (κ1) is 22.6. The number of hydrogen-bond acceptors (Lipinski definition) is 6. The summed E-state index contributed by atoms with van der Waals surface area (Å²) in [6.45, 7) is 3.83. The van der Waals surface area contributed by atoms with Gasteiger partial charge in [-0.25, -0.2) is 23.1 Å².